The number of aromatic nitrogens is 1. The lowest BCUT2D eigenvalue weighted by atomic mass is 10.5. The van der Waals surface area contributed by atoms with Crippen molar-refractivity contribution in [2.24, 2.45) is 0 Å². The van der Waals surface area contributed by atoms with E-state index in [9.17, 15) is 4.79 Å². The van der Waals surface area contributed by atoms with E-state index in [1.807, 2.05) is 19.1 Å². The number of nitrogens with one attached hydrogen (secondary N) is 1. The normalized spacial score (nSPS) is 9.62. The molecular weight excluding hydrogens is 184 g/mol. The zero-order valence-corrected chi connectivity index (χ0v) is 8.30. The van der Waals surface area contributed by atoms with Gasteiger partial charge in [-0.05, 0) is 19.1 Å². The largest absolute Gasteiger partial charge is 0.356 e. The summed E-state index contributed by atoms with van der Waals surface area (Å²) < 4.78 is 0. The van der Waals surface area contributed by atoms with Crippen molar-refractivity contribution in [1.82, 2.24) is 10.3 Å². The Balaban J connectivity index is 2.31. The Morgan fingerprint density at radius 2 is 2.23 bits per heavy atom. The van der Waals surface area contributed by atoms with Gasteiger partial charge in [-0.25, -0.2) is 0 Å². The van der Waals surface area contributed by atoms with Crippen LogP contribution in [-0.2, 0) is 4.79 Å². The highest BCUT2D eigenvalue weighted by molar-refractivity contribution is 8.00. The van der Waals surface area contributed by atoms with Crippen LogP contribution in [-0.4, -0.2) is 23.2 Å². The van der Waals surface area contributed by atoms with Crippen LogP contribution in [0.15, 0.2) is 29.4 Å². The van der Waals surface area contributed by atoms with E-state index < -0.39 is 0 Å². The van der Waals surface area contributed by atoms with Crippen molar-refractivity contribution in [3.63, 3.8) is 0 Å². The average molecular weight is 196 g/mol. The lowest BCUT2D eigenvalue weighted by Gasteiger charge is -2.01. The molecule has 0 saturated heterocycles. The molecule has 0 atom stereocenters. The molecule has 0 aliphatic rings. The molecule has 13 heavy (non-hydrogen) atoms. The number of rotatable bonds is 4. The predicted octanol–water partition coefficient (Wildman–Crippen LogP) is 1.31. The van der Waals surface area contributed by atoms with Gasteiger partial charge in [0.1, 0.15) is 0 Å². The molecule has 0 spiro atoms. The van der Waals surface area contributed by atoms with Gasteiger partial charge in [0.15, 0.2) is 0 Å². The summed E-state index contributed by atoms with van der Waals surface area (Å²) in [5.41, 5.74) is 0. The highest BCUT2D eigenvalue weighted by Gasteiger charge is 1.99. The second-order valence-electron chi connectivity index (χ2n) is 2.43. The minimum absolute atomic E-state index is 0.0734. The number of carbonyl (C=O) groups excluding carboxylic acids is 1. The molecule has 0 aromatic carbocycles. The van der Waals surface area contributed by atoms with E-state index in [4.69, 9.17) is 0 Å². The molecule has 0 unspecified atom stereocenters. The van der Waals surface area contributed by atoms with Crippen molar-refractivity contribution in [3.8, 4) is 0 Å². The Bertz CT molecular complexity index is 264. The van der Waals surface area contributed by atoms with Crippen molar-refractivity contribution >= 4 is 17.7 Å². The van der Waals surface area contributed by atoms with Crippen LogP contribution in [0.2, 0.25) is 0 Å². The molecule has 1 aromatic rings. The van der Waals surface area contributed by atoms with Crippen LogP contribution < -0.4 is 5.32 Å². The molecule has 1 rings (SSSR count). The molecule has 70 valence electrons. The monoisotopic (exact) mass is 196 g/mol. The molecule has 0 radical (unpaired) electrons. The zero-order valence-electron chi connectivity index (χ0n) is 7.49. The van der Waals surface area contributed by atoms with E-state index in [2.05, 4.69) is 10.3 Å². The third kappa shape index (κ3) is 3.94. The zero-order chi connectivity index (χ0) is 9.52. The van der Waals surface area contributed by atoms with Gasteiger partial charge < -0.3 is 5.32 Å². The van der Waals surface area contributed by atoms with Crippen molar-refractivity contribution < 1.29 is 4.79 Å². The van der Waals surface area contributed by atoms with Crippen LogP contribution in [0.3, 0.4) is 0 Å². The van der Waals surface area contributed by atoms with E-state index in [0.29, 0.717) is 12.3 Å². The summed E-state index contributed by atoms with van der Waals surface area (Å²) in [5.74, 6) is 0.544. The van der Waals surface area contributed by atoms with E-state index >= 15 is 0 Å². The summed E-state index contributed by atoms with van der Waals surface area (Å²) in [5, 5.41) is 2.74. The standard InChI is InChI=1S/C9H12N2OS/c1-2-11-9(12)7-13-8-3-5-10-6-4-8/h3-6H,2,7H2,1H3,(H,11,12). The van der Waals surface area contributed by atoms with Crippen LogP contribution >= 0.6 is 11.8 Å². The van der Waals surface area contributed by atoms with Gasteiger partial charge in [0.05, 0.1) is 5.75 Å². The smallest absolute Gasteiger partial charge is 0.230 e. The topological polar surface area (TPSA) is 42.0 Å². The number of amides is 1. The Morgan fingerprint density at radius 3 is 2.85 bits per heavy atom. The first-order valence-electron chi connectivity index (χ1n) is 4.12. The van der Waals surface area contributed by atoms with Crippen molar-refractivity contribution in [2.45, 2.75) is 11.8 Å². The first-order chi connectivity index (χ1) is 6.33. The van der Waals surface area contributed by atoms with Crippen molar-refractivity contribution in [2.75, 3.05) is 12.3 Å². The number of thioether (sulfide) groups is 1. The average Bonchev–Trinajstić information content (AvgIpc) is 2.17. The lowest BCUT2D eigenvalue weighted by molar-refractivity contribution is -0.118. The van der Waals surface area contributed by atoms with Crippen LogP contribution in [0.5, 0.6) is 0 Å². The minimum Gasteiger partial charge on any atom is -0.356 e. The van der Waals surface area contributed by atoms with Gasteiger partial charge in [-0.15, -0.1) is 11.8 Å². The molecule has 3 nitrogen and oxygen atoms in total. The molecule has 1 amide bonds. The number of carbonyl (C=O) groups is 1. The van der Waals surface area contributed by atoms with E-state index in [1.54, 1.807) is 12.4 Å². The lowest BCUT2D eigenvalue weighted by Crippen LogP contribution is -2.24. The van der Waals surface area contributed by atoms with E-state index in [0.717, 1.165) is 4.90 Å². The first kappa shape index (κ1) is 10.1. The molecule has 0 fully saturated rings. The van der Waals surface area contributed by atoms with Gasteiger partial charge in [-0.3, -0.25) is 9.78 Å². The molecule has 1 heterocycles. The maximum Gasteiger partial charge on any atom is 0.230 e. The highest BCUT2D eigenvalue weighted by atomic mass is 32.2. The maximum absolute atomic E-state index is 11.1. The third-order valence-corrected chi connectivity index (χ3v) is 2.41. The van der Waals surface area contributed by atoms with Gasteiger partial charge >= 0.3 is 0 Å². The van der Waals surface area contributed by atoms with Gasteiger partial charge in [0, 0.05) is 23.8 Å². The highest BCUT2D eigenvalue weighted by Crippen LogP contribution is 2.15. The Kier molecular flexibility index (Phi) is 4.32. The summed E-state index contributed by atoms with van der Waals surface area (Å²) in [7, 11) is 0. The van der Waals surface area contributed by atoms with Crippen LogP contribution in [0.25, 0.3) is 0 Å². The molecular formula is C9H12N2OS. The minimum atomic E-state index is 0.0734. The number of hydrogen-bond acceptors (Lipinski definition) is 3. The summed E-state index contributed by atoms with van der Waals surface area (Å²) in [6.45, 7) is 2.60. The quantitative estimate of drug-likeness (QED) is 0.738. The van der Waals surface area contributed by atoms with Crippen LogP contribution in [0.4, 0.5) is 0 Å². The van der Waals surface area contributed by atoms with Crippen LogP contribution in [0, 0.1) is 0 Å². The molecule has 0 aliphatic heterocycles. The van der Waals surface area contributed by atoms with Gasteiger partial charge in [0.25, 0.3) is 0 Å². The summed E-state index contributed by atoms with van der Waals surface area (Å²) >= 11 is 1.52. The second-order valence-corrected chi connectivity index (χ2v) is 3.47. The second kappa shape index (κ2) is 5.59. The van der Waals surface area contributed by atoms with Crippen molar-refractivity contribution in [3.05, 3.63) is 24.5 Å². The molecule has 1 aromatic heterocycles. The van der Waals surface area contributed by atoms with Gasteiger partial charge in [-0.1, -0.05) is 0 Å². The fourth-order valence-electron chi connectivity index (χ4n) is 0.832. The SMILES string of the molecule is CCNC(=O)CSc1ccncc1. The number of nitrogens with zero attached hydrogens (tertiary/aromatic N) is 1. The van der Waals surface area contributed by atoms with Crippen LogP contribution in [0.1, 0.15) is 6.92 Å². The van der Waals surface area contributed by atoms with Gasteiger partial charge in [-0.2, -0.15) is 0 Å². The Labute approximate surface area is 81.9 Å². The summed E-state index contributed by atoms with van der Waals surface area (Å²) in [6, 6.07) is 3.79. The molecule has 0 bridgehead atoms. The first-order valence-corrected chi connectivity index (χ1v) is 5.11. The van der Waals surface area contributed by atoms with Crippen molar-refractivity contribution in [1.29, 1.82) is 0 Å². The van der Waals surface area contributed by atoms with E-state index in [-0.39, 0.29) is 5.91 Å². The Morgan fingerprint density at radius 1 is 1.54 bits per heavy atom. The molecule has 0 saturated carbocycles. The fourth-order valence-corrected chi connectivity index (χ4v) is 1.55. The molecule has 0 aliphatic carbocycles. The Hall–Kier alpha value is -1.03. The summed E-state index contributed by atoms with van der Waals surface area (Å²) in [4.78, 5) is 16.0. The van der Waals surface area contributed by atoms with Gasteiger partial charge in [0.2, 0.25) is 5.91 Å². The summed E-state index contributed by atoms with van der Waals surface area (Å²) in [6.07, 6.45) is 3.44. The fraction of sp³-hybridized carbons (Fsp3) is 0.333. The predicted molar refractivity (Wildman–Crippen MR) is 53.6 cm³/mol. The maximum atomic E-state index is 11.1. The van der Waals surface area contributed by atoms with E-state index in [1.165, 1.54) is 11.8 Å². The number of hydrogen-bond donors (Lipinski definition) is 1. The molecule has 4 heteroatoms. The number of pyridine rings is 1. The third-order valence-electron chi connectivity index (χ3n) is 1.39. The molecule has 1 N–H and O–H groups in total.